The number of carbonyl (C=O) groups is 2. The van der Waals surface area contributed by atoms with Gasteiger partial charge in [0.25, 0.3) is 5.91 Å². The molecule has 1 aromatic heterocycles. The van der Waals surface area contributed by atoms with Gasteiger partial charge in [-0.1, -0.05) is 12.1 Å². The molecule has 7 heteroatoms. The molecule has 0 saturated heterocycles. The number of carboxylic acid groups (broad SMARTS) is 1. The number of hydrogen-bond donors (Lipinski definition) is 4. The summed E-state index contributed by atoms with van der Waals surface area (Å²) in [6.45, 7) is 3.68. The Hall–Kier alpha value is -2.93. The molecule has 6 nitrogen and oxygen atoms in total. The van der Waals surface area contributed by atoms with E-state index in [0.29, 0.717) is 23.1 Å². The number of thiophene rings is 1. The Morgan fingerprint density at radius 2 is 1.85 bits per heavy atom. The molecule has 2 aromatic rings. The van der Waals surface area contributed by atoms with E-state index in [2.05, 4.69) is 5.32 Å². The minimum Gasteiger partial charge on any atom is -0.478 e. The summed E-state index contributed by atoms with van der Waals surface area (Å²) in [5.41, 5.74) is 7.19. The first-order valence-corrected chi connectivity index (χ1v) is 8.83. The Morgan fingerprint density at radius 1 is 1.23 bits per heavy atom. The number of nitrogens with one attached hydrogen (secondary N) is 2. The Balaban J connectivity index is 1.97. The number of amidine groups is 1. The molecule has 1 amide bonds. The fraction of sp³-hybridized carbons (Fsp3) is 0.211. The highest BCUT2D eigenvalue weighted by Gasteiger charge is 2.12. The highest BCUT2D eigenvalue weighted by atomic mass is 32.1. The Morgan fingerprint density at radius 3 is 2.42 bits per heavy atom. The van der Waals surface area contributed by atoms with Crippen molar-refractivity contribution in [1.29, 1.82) is 5.41 Å². The van der Waals surface area contributed by atoms with Crippen LogP contribution in [0.2, 0.25) is 0 Å². The Kier molecular flexibility index (Phi) is 6.30. The van der Waals surface area contributed by atoms with Gasteiger partial charge in [0.1, 0.15) is 5.84 Å². The first-order chi connectivity index (χ1) is 12.3. The van der Waals surface area contributed by atoms with E-state index in [4.69, 9.17) is 16.2 Å². The minimum atomic E-state index is -0.964. The maximum Gasteiger partial charge on any atom is 0.328 e. The van der Waals surface area contributed by atoms with Crippen molar-refractivity contribution in [3.8, 4) is 0 Å². The van der Waals surface area contributed by atoms with Crippen molar-refractivity contribution < 1.29 is 14.7 Å². The van der Waals surface area contributed by atoms with Gasteiger partial charge in [-0.15, -0.1) is 11.3 Å². The van der Waals surface area contributed by atoms with Crippen LogP contribution in [-0.4, -0.2) is 28.9 Å². The number of nitrogen functional groups attached to an aromatic ring is 1. The molecular weight excluding hydrogens is 350 g/mol. The third kappa shape index (κ3) is 5.29. The summed E-state index contributed by atoms with van der Waals surface area (Å²) in [4.78, 5) is 25.0. The van der Waals surface area contributed by atoms with E-state index < -0.39 is 5.97 Å². The first-order valence-electron chi connectivity index (χ1n) is 8.02. The summed E-state index contributed by atoms with van der Waals surface area (Å²) in [7, 11) is 0. The van der Waals surface area contributed by atoms with Crippen molar-refractivity contribution in [3.05, 3.63) is 63.4 Å². The van der Waals surface area contributed by atoms with Crippen LogP contribution in [0.4, 0.5) is 0 Å². The van der Waals surface area contributed by atoms with Gasteiger partial charge in [0.15, 0.2) is 0 Å². The molecule has 26 heavy (non-hydrogen) atoms. The molecule has 5 N–H and O–H groups in total. The summed E-state index contributed by atoms with van der Waals surface area (Å²) < 4.78 is 0. The lowest BCUT2D eigenvalue weighted by Crippen LogP contribution is -2.33. The van der Waals surface area contributed by atoms with Crippen molar-refractivity contribution in [2.75, 3.05) is 0 Å². The van der Waals surface area contributed by atoms with Gasteiger partial charge in [0.05, 0.1) is 0 Å². The highest BCUT2D eigenvalue weighted by Crippen LogP contribution is 2.25. The van der Waals surface area contributed by atoms with E-state index in [1.54, 1.807) is 31.2 Å². The minimum absolute atomic E-state index is 0.0360. The second-order valence-corrected chi connectivity index (χ2v) is 7.17. The number of carboxylic acids is 1. The zero-order valence-electron chi connectivity index (χ0n) is 14.6. The maximum absolute atomic E-state index is 12.3. The third-order valence-electron chi connectivity index (χ3n) is 3.73. The summed E-state index contributed by atoms with van der Waals surface area (Å²) in [6.07, 6.45) is 1.84. The predicted octanol–water partition coefficient (Wildman–Crippen LogP) is 2.88. The normalized spacial score (nSPS) is 12.5. The van der Waals surface area contributed by atoms with Gasteiger partial charge in [-0.05, 0) is 43.7 Å². The second kappa shape index (κ2) is 8.44. The fourth-order valence-electron chi connectivity index (χ4n) is 2.42. The van der Waals surface area contributed by atoms with Crippen molar-refractivity contribution >= 4 is 34.6 Å². The molecule has 0 bridgehead atoms. The quantitative estimate of drug-likeness (QED) is 0.340. The topological polar surface area (TPSA) is 116 Å². The molecule has 0 aliphatic carbocycles. The van der Waals surface area contributed by atoms with Crippen LogP contribution in [0.3, 0.4) is 0 Å². The molecule has 1 heterocycles. The molecule has 0 radical (unpaired) electrons. The molecule has 0 aliphatic heterocycles. The number of nitrogens with two attached hydrogens (primary N) is 1. The molecule has 1 aromatic carbocycles. The number of benzene rings is 1. The molecule has 1 atom stereocenters. The lowest BCUT2D eigenvalue weighted by Gasteiger charge is -2.13. The Labute approximate surface area is 155 Å². The van der Waals surface area contributed by atoms with Crippen LogP contribution in [0.25, 0.3) is 5.57 Å². The summed E-state index contributed by atoms with van der Waals surface area (Å²) in [5, 5.41) is 19.1. The van der Waals surface area contributed by atoms with Gasteiger partial charge < -0.3 is 16.2 Å². The lowest BCUT2D eigenvalue weighted by atomic mass is 10.1. The number of rotatable bonds is 7. The molecule has 2 rings (SSSR count). The average Bonchev–Trinajstić information content (AvgIpc) is 3.02. The Bertz CT molecular complexity index is 853. The van der Waals surface area contributed by atoms with E-state index in [-0.39, 0.29) is 17.8 Å². The molecule has 0 spiro atoms. The van der Waals surface area contributed by atoms with Gasteiger partial charge in [0, 0.05) is 39.4 Å². The third-order valence-corrected chi connectivity index (χ3v) is 4.98. The van der Waals surface area contributed by atoms with Crippen LogP contribution >= 0.6 is 11.3 Å². The first kappa shape index (κ1) is 19.4. The van der Waals surface area contributed by atoms with Crippen LogP contribution in [-0.2, 0) is 11.2 Å². The summed E-state index contributed by atoms with van der Waals surface area (Å²) in [5.74, 6) is -1.19. The van der Waals surface area contributed by atoms with Crippen LogP contribution in [0.5, 0.6) is 0 Å². The smallest absolute Gasteiger partial charge is 0.328 e. The van der Waals surface area contributed by atoms with Crippen molar-refractivity contribution in [2.45, 2.75) is 26.3 Å². The number of allylic oxidation sites excluding steroid dienone is 1. The van der Waals surface area contributed by atoms with Gasteiger partial charge in [-0.3, -0.25) is 10.2 Å². The van der Waals surface area contributed by atoms with Gasteiger partial charge in [-0.2, -0.15) is 0 Å². The van der Waals surface area contributed by atoms with E-state index in [1.165, 1.54) is 17.4 Å². The molecule has 0 aliphatic rings. The highest BCUT2D eigenvalue weighted by molar-refractivity contribution is 7.13. The van der Waals surface area contributed by atoms with Gasteiger partial charge in [-0.25, -0.2) is 4.79 Å². The fourth-order valence-corrected chi connectivity index (χ4v) is 3.52. The maximum atomic E-state index is 12.3. The standard InChI is InChI=1S/C19H21N3O3S/c1-11(9-17(23)24)16-8-7-15(26-16)10-12(2)22-19(25)14-5-3-13(4-6-14)18(20)21/h3-9,12H,10H2,1-2H3,(H3,20,21)(H,22,25)(H,23,24)/b11-9+. The summed E-state index contributed by atoms with van der Waals surface area (Å²) >= 11 is 1.52. The number of aliphatic carboxylic acids is 1. The second-order valence-electron chi connectivity index (χ2n) is 6.00. The summed E-state index contributed by atoms with van der Waals surface area (Å²) in [6, 6.07) is 10.3. The van der Waals surface area contributed by atoms with Crippen molar-refractivity contribution in [3.63, 3.8) is 0 Å². The van der Waals surface area contributed by atoms with E-state index in [1.807, 2.05) is 19.1 Å². The zero-order chi connectivity index (χ0) is 19.3. The van der Waals surface area contributed by atoms with Gasteiger partial charge in [0.2, 0.25) is 0 Å². The SMILES string of the molecule is C/C(=C\C(=O)O)c1ccc(CC(C)NC(=O)c2ccc(C(=N)N)cc2)s1. The van der Waals surface area contributed by atoms with E-state index >= 15 is 0 Å². The average molecular weight is 371 g/mol. The monoisotopic (exact) mass is 371 g/mol. The largest absolute Gasteiger partial charge is 0.478 e. The number of amides is 1. The zero-order valence-corrected chi connectivity index (χ0v) is 15.4. The predicted molar refractivity (Wildman–Crippen MR) is 104 cm³/mol. The van der Waals surface area contributed by atoms with Crippen LogP contribution in [0.15, 0.2) is 42.5 Å². The molecule has 136 valence electrons. The number of carbonyl (C=O) groups excluding carboxylic acids is 1. The molecule has 1 unspecified atom stereocenters. The molecular formula is C19H21N3O3S. The molecule has 0 saturated carbocycles. The van der Waals surface area contributed by atoms with Crippen LogP contribution < -0.4 is 11.1 Å². The lowest BCUT2D eigenvalue weighted by molar-refractivity contribution is -0.131. The van der Waals surface area contributed by atoms with E-state index in [0.717, 1.165) is 9.75 Å². The van der Waals surface area contributed by atoms with Crippen LogP contribution in [0, 0.1) is 5.41 Å². The van der Waals surface area contributed by atoms with Gasteiger partial charge >= 0.3 is 5.97 Å². The molecule has 0 fully saturated rings. The number of hydrogen-bond acceptors (Lipinski definition) is 4. The van der Waals surface area contributed by atoms with Crippen molar-refractivity contribution in [2.24, 2.45) is 5.73 Å². The van der Waals surface area contributed by atoms with Crippen molar-refractivity contribution in [1.82, 2.24) is 5.32 Å². The van der Waals surface area contributed by atoms with Crippen LogP contribution in [0.1, 0.15) is 39.5 Å². The van der Waals surface area contributed by atoms with E-state index in [9.17, 15) is 9.59 Å².